The monoisotopic (exact) mass is 530 g/mol. The topological polar surface area (TPSA) is 209 Å². The van der Waals surface area contributed by atoms with Gasteiger partial charge in [-0.25, -0.2) is 33.7 Å². The van der Waals surface area contributed by atoms with Crippen molar-refractivity contribution < 1.29 is 43.3 Å². The van der Waals surface area contributed by atoms with Gasteiger partial charge < -0.3 is 11.1 Å². The molecular formula is C16H26N4O8S4. The predicted molar refractivity (Wildman–Crippen MR) is 116 cm³/mol. The first-order valence-corrected chi connectivity index (χ1v) is 16.3. The van der Waals surface area contributed by atoms with E-state index in [9.17, 15) is 44.7 Å². The highest BCUT2D eigenvalue weighted by molar-refractivity contribution is 8.39. The Balaban J connectivity index is 2.51. The summed E-state index contributed by atoms with van der Waals surface area (Å²) < 4.78 is 96.9. The molecule has 0 aliphatic heterocycles. The molecule has 16 heteroatoms. The van der Waals surface area contributed by atoms with Crippen molar-refractivity contribution in [1.29, 1.82) is 0 Å². The molecule has 0 N–H and O–H groups in total. The van der Waals surface area contributed by atoms with E-state index >= 15 is 0 Å². The predicted octanol–water partition coefficient (Wildman–Crippen LogP) is 0.829. The Morgan fingerprint density at radius 1 is 0.625 bits per heavy atom. The molecule has 0 heterocycles. The molecule has 0 radical (unpaired) electrons. The van der Waals surface area contributed by atoms with E-state index in [0.29, 0.717) is 32.6 Å². The number of rotatable bonds is 4. The quantitative estimate of drug-likeness (QED) is 0.219. The molecule has 2 fully saturated rings. The molecule has 12 nitrogen and oxygen atoms in total. The molecule has 0 aromatic heterocycles. The van der Waals surface area contributed by atoms with Crippen LogP contribution in [0.15, 0.2) is 0 Å². The largest absolute Gasteiger partial charge is 0.496 e. The number of nitrogens with zero attached hydrogens (tertiary/aromatic N) is 4. The van der Waals surface area contributed by atoms with E-state index in [0.717, 1.165) is 12.8 Å². The van der Waals surface area contributed by atoms with Crippen LogP contribution in [-0.2, 0) is 39.3 Å². The SMILES string of the molecule is CC(S(=O)(=O)C(=[N+]=[N-])S(=O)(=O)C1CCCCC1)S(=O)(=O)C(=[N+]=[N-])S(=O)(=O)C1CCCCC1. The van der Waals surface area contributed by atoms with Gasteiger partial charge in [-0.15, -0.1) is 9.58 Å². The summed E-state index contributed by atoms with van der Waals surface area (Å²) in [6.07, 6.45) is 3.91. The maximum absolute atomic E-state index is 12.9. The van der Waals surface area contributed by atoms with Gasteiger partial charge in [-0.05, 0) is 32.6 Å². The van der Waals surface area contributed by atoms with Gasteiger partial charge in [-0.1, -0.05) is 38.5 Å². The Hall–Kier alpha value is -1.44. The van der Waals surface area contributed by atoms with Crippen LogP contribution in [0.5, 0.6) is 0 Å². The normalized spacial score (nSPS) is 20.7. The van der Waals surface area contributed by atoms with Crippen molar-refractivity contribution in [3.63, 3.8) is 0 Å². The van der Waals surface area contributed by atoms with E-state index in [1.807, 2.05) is 0 Å². The Morgan fingerprint density at radius 3 is 1.16 bits per heavy atom. The van der Waals surface area contributed by atoms with Crippen LogP contribution in [0.4, 0.5) is 0 Å². The summed E-state index contributed by atoms with van der Waals surface area (Å²) in [6, 6.07) is 0. The molecule has 0 atom stereocenters. The molecular weight excluding hydrogens is 504 g/mol. The van der Waals surface area contributed by atoms with Gasteiger partial charge >= 0.3 is 8.75 Å². The summed E-state index contributed by atoms with van der Waals surface area (Å²) in [7, 11) is -20.2. The Kier molecular flexibility index (Phi) is 8.22. The summed E-state index contributed by atoms with van der Waals surface area (Å²) >= 11 is 0. The Morgan fingerprint density at radius 2 is 0.906 bits per heavy atom. The molecule has 2 saturated carbocycles. The molecule has 0 spiro atoms. The third-order valence-corrected chi connectivity index (χ3v) is 17.0. The van der Waals surface area contributed by atoms with Gasteiger partial charge in [0.1, 0.15) is 0 Å². The summed E-state index contributed by atoms with van der Waals surface area (Å²) in [5, 5.41) is -2.35. The molecule has 0 amide bonds. The lowest BCUT2D eigenvalue weighted by Crippen LogP contribution is -2.46. The Labute approximate surface area is 188 Å². The second-order valence-electron chi connectivity index (χ2n) is 8.00. The molecule has 2 aliphatic rings. The molecule has 0 saturated heterocycles. The molecule has 0 aromatic carbocycles. The zero-order valence-electron chi connectivity index (χ0n) is 17.5. The second-order valence-corrected chi connectivity index (χ2v) is 17.5. The van der Waals surface area contributed by atoms with Crippen molar-refractivity contribution in [1.82, 2.24) is 0 Å². The van der Waals surface area contributed by atoms with Crippen molar-refractivity contribution >= 4 is 48.1 Å². The van der Waals surface area contributed by atoms with Crippen molar-refractivity contribution in [2.75, 3.05) is 0 Å². The van der Waals surface area contributed by atoms with Gasteiger partial charge in [-0.2, -0.15) is 0 Å². The fourth-order valence-corrected chi connectivity index (χ4v) is 14.1. The van der Waals surface area contributed by atoms with E-state index in [2.05, 4.69) is 9.58 Å². The molecule has 0 aromatic rings. The van der Waals surface area contributed by atoms with Crippen LogP contribution >= 0.6 is 0 Å². The second kappa shape index (κ2) is 9.82. The molecule has 0 unspecified atom stereocenters. The highest BCUT2D eigenvalue weighted by atomic mass is 32.3. The maximum atomic E-state index is 12.9. The minimum Gasteiger partial charge on any atom is -0.359 e. The maximum Gasteiger partial charge on any atom is 0.496 e. The van der Waals surface area contributed by atoms with Crippen LogP contribution in [-0.4, -0.2) is 67.1 Å². The van der Waals surface area contributed by atoms with Crippen LogP contribution in [0, 0.1) is 0 Å². The van der Waals surface area contributed by atoms with Gasteiger partial charge in [0.15, 0.2) is 4.58 Å². The molecule has 2 aliphatic carbocycles. The van der Waals surface area contributed by atoms with Crippen molar-refractivity contribution in [2.24, 2.45) is 0 Å². The Bertz CT molecular complexity index is 1160. The van der Waals surface area contributed by atoms with Gasteiger partial charge in [0.25, 0.3) is 39.3 Å². The number of hydrogen-bond donors (Lipinski definition) is 0. The van der Waals surface area contributed by atoms with Crippen LogP contribution in [0.25, 0.3) is 11.1 Å². The molecule has 0 bridgehead atoms. The van der Waals surface area contributed by atoms with Crippen molar-refractivity contribution in [3.05, 3.63) is 11.1 Å². The standard InChI is InChI=1S/C16H26N4O8S4/c1-12(29(21,22)15(19-17)31(25,26)13-8-4-2-5-9-13)30(23,24)16(20-18)32(27,28)14-10-6-3-7-11-14/h12-14H,2-11H2,1H3. The highest BCUT2D eigenvalue weighted by Gasteiger charge is 2.58. The lowest BCUT2D eigenvalue weighted by atomic mass is 10.0. The third-order valence-electron chi connectivity index (χ3n) is 5.99. The average Bonchev–Trinajstić information content (AvgIpc) is 2.74. The van der Waals surface area contributed by atoms with Crippen LogP contribution < -0.4 is 0 Å². The average molecular weight is 531 g/mol. The van der Waals surface area contributed by atoms with Gasteiger partial charge in [-0.3, -0.25) is 0 Å². The smallest absolute Gasteiger partial charge is 0.359 e. The third kappa shape index (κ3) is 4.90. The first-order chi connectivity index (χ1) is 14.8. The minimum absolute atomic E-state index is 0.109. The number of sulfone groups is 4. The summed E-state index contributed by atoms with van der Waals surface area (Å²) in [5.41, 5.74) is 18.5. The van der Waals surface area contributed by atoms with Gasteiger partial charge in [0.2, 0.25) is 0 Å². The van der Waals surface area contributed by atoms with Gasteiger partial charge in [0, 0.05) is 0 Å². The summed E-state index contributed by atoms with van der Waals surface area (Å²) in [5.74, 6) is 0. The van der Waals surface area contributed by atoms with E-state index in [1.54, 1.807) is 0 Å². The highest BCUT2D eigenvalue weighted by Crippen LogP contribution is 2.30. The zero-order chi connectivity index (χ0) is 24.4. The first kappa shape index (κ1) is 26.8. The molecule has 182 valence electrons. The van der Waals surface area contributed by atoms with Crippen molar-refractivity contribution in [3.8, 4) is 0 Å². The van der Waals surface area contributed by atoms with Crippen LogP contribution in [0.2, 0.25) is 0 Å². The summed E-state index contributed by atoms with van der Waals surface area (Å²) in [4.78, 5) is 4.81. The fourth-order valence-electron chi connectivity index (χ4n) is 4.04. The van der Waals surface area contributed by atoms with E-state index in [-0.39, 0.29) is 25.7 Å². The number of hydrogen-bond acceptors (Lipinski definition) is 8. The van der Waals surface area contributed by atoms with Gasteiger partial charge in [0.05, 0.1) is 10.5 Å². The lowest BCUT2D eigenvalue weighted by Gasteiger charge is -2.21. The molecule has 2 rings (SSSR count). The van der Waals surface area contributed by atoms with Crippen molar-refractivity contribution in [2.45, 2.75) is 86.2 Å². The van der Waals surface area contributed by atoms with Crippen LogP contribution in [0.3, 0.4) is 0 Å². The molecule has 32 heavy (non-hydrogen) atoms. The minimum atomic E-state index is -5.39. The van der Waals surface area contributed by atoms with E-state index in [4.69, 9.17) is 0 Å². The first-order valence-electron chi connectivity index (χ1n) is 10.2. The van der Waals surface area contributed by atoms with Crippen LogP contribution in [0.1, 0.15) is 71.1 Å². The van der Waals surface area contributed by atoms with E-state index in [1.165, 1.54) is 0 Å². The summed E-state index contributed by atoms with van der Waals surface area (Å²) in [6.45, 7) is 0.549. The lowest BCUT2D eigenvalue weighted by molar-refractivity contribution is 0.00367. The zero-order valence-corrected chi connectivity index (χ0v) is 20.8. The fraction of sp³-hybridized carbons (Fsp3) is 0.875. The van der Waals surface area contributed by atoms with E-state index < -0.39 is 63.2 Å².